The maximum absolute atomic E-state index is 12.1. The number of rotatable bonds is 7. The maximum atomic E-state index is 12.1. The van der Waals surface area contributed by atoms with Gasteiger partial charge >= 0.3 is 17.9 Å². The van der Waals surface area contributed by atoms with Crippen molar-refractivity contribution in [2.45, 2.75) is 26.1 Å². The third-order valence-electron chi connectivity index (χ3n) is 3.39. The summed E-state index contributed by atoms with van der Waals surface area (Å²) in [7, 11) is 0. The molecule has 1 unspecified atom stereocenters. The molecule has 2 rings (SSSR count). The van der Waals surface area contributed by atoms with Crippen LogP contribution in [0, 0.1) is 0 Å². The number of benzene rings is 1. The van der Waals surface area contributed by atoms with Crippen molar-refractivity contribution in [2.24, 2.45) is 0 Å². The summed E-state index contributed by atoms with van der Waals surface area (Å²) in [6, 6.07) is 14.3. The van der Waals surface area contributed by atoms with Gasteiger partial charge < -0.3 is 19.3 Å². The number of ether oxygens (including phenoxy) is 3. The van der Waals surface area contributed by atoms with Crippen LogP contribution in [-0.2, 0) is 23.9 Å². The van der Waals surface area contributed by atoms with E-state index < -0.39 is 36.7 Å². The van der Waals surface area contributed by atoms with Crippen LogP contribution in [0.25, 0.3) is 11.3 Å². The van der Waals surface area contributed by atoms with Gasteiger partial charge in [0.1, 0.15) is 6.61 Å². The minimum Gasteiger partial charge on any atom is -0.449 e. The summed E-state index contributed by atoms with van der Waals surface area (Å²) in [5, 5.41) is 8.60. The summed E-state index contributed by atoms with van der Waals surface area (Å²) in [4.78, 5) is 39.1. The summed E-state index contributed by atoms with van der Waals surface area (Å²) < 4.78 is 14.6. The fourth-order valence-electron chi connectivity index (χ4n) is 2.03. The Morgan fingerprint density at radius 3 is 2.26 bits per heavy atom. The van der Waals surface area contributed by atoms with Gasteiger partial charge in [0.2, 0.25) is 5.88 Å². The lowest BCUT2D eigenvalue weighted by Crippen LogP contribution is -2.34. The first-order valence-electron chi connectivity index (χ1n) is 8.15. The first-order valence-corrected chi connectivity index (χ1v) is 8.15. The number of aliphatic hydroxyl groups excluding tert-OH is 1. The lowest BCUT2D eigenvalue weighted by Gasteiger charge is -2.16. The highest BCUT2D eigenvalue weighted by Gasteiger charge is 2.26. The first-order chi connectivity index (χ1) is 12.9. The van der Waals surface area contributed by atoms with E-state index in [2.05, 4.69) is 9.72 Å². The van der Waals surface area contributed by atoms with Crippen molar-refractivity contribution in [3.8, 4) is 17.1 Å². The molecule has 8 nitrogen and oxygen atoms in total. The Bertz CT molecular complexity index is 807. The van der Waals surface area contributed by atoms with E-state index in [0.29, 0.717) is 5.69 Å². The molecule has 8 heteroatoms. The highest BCUT2D eigenvalue weighted by molar-refractivity contribution is 5.83. The summed E-state index contributed by atoms with van der Waals surface area (Å²) in [5.41, 5.74) is 1.48. The fourth-order valence-corrected chi connectivity index (χ4v) is 2.03. The number of carbonyl (C=O) groups excluding carboxylic acids is 3. The molecule has 0 amide bonds. The van der Waals surface area contributed by atoms with Gasteiger partial charge in [0.25, 0.3) is 0 Å². The van der Waals surface area contributed by atoms with Gasteiger partial charge in [0.05, 0.1) is 5.69 Å². The molecule has 1 aromatic heterocycles. The van der Waals surface area contributed by atoms with Crippen molar-refractivity contribution in [3.63, 3.8) is 0 Å². The van der Waals surface area contributed by atoms with Crippen LogP contribution in [0.1, 0.15) is 13.8 Å². The third kappa shape index (κ3) is 5.89. The zero-order chi connectivity index (χ0) is 19.8. The monoisotopic (exact) mass is 373 g/mol. The quantitative estimate of drug-likeness (QED) is 0.727. The molecule has 0 aliphatic rings. The van der Waals surface area contributed by atoms with Crippen LogP contribution in [0.3, 0.4) is 0 Å². The van der Waals surface area contributed by atoms with E-state index in [1.165, 1.54) is 19.9 Å². The molecular formula is C19H19NO7. The summed E-state index contributed by atoms with van der Waals surface area (Å²) in [6.07, 6.45) is -2.51. The van der Waals surface area contributed by atoms with E-state index in [1.54, 1.807) is 12.1 Å². The summed E-state index contributed by atoms with van der Waals surface area (Å²) in [5.74, 6) is -2.69. The molecule has 0 fully saturated rings. The molecule has 0 spiro atoms. The zero-order valence-corrected chi connectivity index (χ0v) is 14.8. The maximum Gasteiger partial charge on any atom is 0.353 e. The molecule has 2 atom stereocenters. The second kappa shape index (κ2) is 9.44. The normalized spacial score (nSPS) is 12.6. The van der Waals surface area contributed by atoms with Crippen molar-refractivity contribution < 1.29 is 33.7 Å². The standard InChI is InChI=1S/C19H19NO7/c1-12(25-17(22)11-21)18(23)26-13(2)19(24)27-16-10-6-9-15(20-16)14-7-4-3-5-8-14/h3-10,12-13,21H,11H2,1-2H3/t12-,13?/m0/s1. The average molecular weight is 373 g/mol. The van der Waals surface area contributed by atoms with Crippen LogP contribution in [0.5, 0.6) is 5.88 Å². The molecule has 0 saturated carbocycles. The molecule has 2 aromatic rings. The van der Waals surface area contributed by atoms with Crippen LogP contribution in [0.2, 0.25) is 0 Å². The van der Waals surface area contributed by atoms with Gasteiger partial charge in [-0.05, 0) is 19.9 Å². The minimum absolute atomic E-state index is 0.0593. The minimum atomic E-state index is -1.26. The van der Waals surface area contributed by atoms with E-state index in [9.17, 15) is 14.4 Å². The SMILES string of the molecule is CC(OC(=O)[C@H](C)OC(=O)CO)C(=O)Oc1cccc(-c2ccccc2)n1. The van der Waals surface area contributed by atoms with E-state index in [-0.39, 0.29) is 5.88 Å². The lowest BCUT2D eigenvalue weighted by atomic mass is 10.1. The zero-order valence-electron chi connectivity index (χ0n) is 14.8. The van der Waals surface area contributed by atoms with Gasteiger partial charge in [-0.25, -0.2) is 19.4 Å². The van der Waals surface area contributed by atoms with Gasteiger partial charge in [-0.2, -0.15) is 0 Å². The summed E-state index contributed by atoms with van der Waals surface area (Å²) >= 11 is 0. The number of hydrogen-bond acceptors (Lipinski definition) is 8. The molecule has 0 aliphatic carbocycles. The van der Waals surface area contributed by atoms with Crippen molar-refractivity contribution in [1.29, 1.82) is 0 Å². The van der Waals surface area contributed by atoms with Crippen LogP contribution < -0.4 is 4.74 Å². The van der Waals surface area contributed by atoms with Crippen LogP contribution >= 0.6 is 0 Å². The van der Waals surface area contributed by atoms with Gasteiger partial charge in [0.15, 0.2) is 12.2 Å². The smallest absolute Gasteiger partial charge is 0.353 e. The van der Waals surface area contributed by atoms with Gasteiger partial charge in [-0.1, -0.05) is 36.4 Å². The third-order valence-corrected chi connectivity index (χ3v) is 3.39. The second-order valence-corrected chi connectivity index (χ2v) is 5.52. The highest BCUT2D eigenvalue weighted by atomic mass is 16.6. The van der Waals surface area contributed by atoms with E-state index in [4.69, 9.17) is 14.6 Å². The molecule has 142 valence electrons. The molecule has 0 saturated heterocycles. The Labute approximate surface area is 155 Å². The summed E-state index contributed by atoms with van der Waals surface area (Å²) in [6.45, 7) is 1.72. The number of hydrogen-bond donors (Lipinski definition) is 1. The molecule has 1 heterocycles. The van der Waals surface area contributed by atoms with Crippen molar-refractivity contribution in [3.05, 3.63) is 48.5 Å². The topological polar surface area (TPSA) is 112 Å². The number of nitrogens with zero attached hydrogens (tertiary/aromatic N) is 1. The average Bonchev–Trinajstić information content (AvgIpc) is 2.68. The van der Waals surface area contributed by atoms with Crippen LogP contribution in [-0.4, -0.2) is 46.8 Å². The highest BCUT2D eigenvalue weighted by Crippen LogP contribution is 2.19. The Morgan fingerprint density at radius 1 is 0.926 bits per heavy atom. The number of aromatic nitrogens is 1. The van der Waals surface area contributed by atoms with Crippen LogP contribution in [0.15, 0.2) is 48.5 Å². The Morgan fingerprint density at radius 2 is 1.59 bits per heavy atom. The Kier molecular flexibility index (Phi) is 7.01. The second-order valence-electron chi connectivity index (χ2n) is 5.52. The van der Waals surface area contributed by atoms with E-state index in [0.717, 1.165) is 5.56 Å². The molecule has 1 aromatic carbocycles. The number of carbonyl (C=O) groups is 3. The Balaban J connectivity index is 1.96. The molecule has 0 radical (unpaired) electrons. The largest absolute Gasteiger partial charge is 0.449 e. The number of aliphatic hydroxyl groups is 1. The van der Waals surface area contributed by atoms with Gasteiger partial charge in [-0.15, -0.1) is 0 Å². The molecule has 27 heavy (non-hydrogen) atoms. The molecule has 0 aliphatic heterocycles. The van der Waals surface area contributed by atoms with Crippen molar-refractivity contribution in [1.82, 2.24) is 4.98 Å². The van der Waals surface area contributed by atoms with Gasteiger partial charge in [0, 0.05) is 11.6 Å². The molecule has 1 N–H and O–H groups in total. The van der Waals surface area contributed by atoms with Crippen molar-refractivity contribution >= 4 is 17.9 Å². The molecule has 0 bridgehead atoms. The van der Waals surface area contributed by atoms with Crippen molar-refractivity contribution in [2.75, 3.05) is 6.61 Å². The lowest BCUT2D eigenvalue weighted by molar-refractivity contribution is -0.175. The van der Waals surface area contributed by atoms with E-state index in [1.807, 2.05) is 30.3 Å². The Hall–Kier alpha value is -3.26. The van der Waals surface area contributed by atoms with Gasteiger partial charge in [-0.3, -0.25) is 0 Å². The van der Waals surface area contributed by atoms with Crippen LogP contribution in [0.4, 0.5) is 0 Å². The predicted molar refractivity (Wildman–Crippen MR) is 93.5 cm³/mol. The van der Waals surface area contributed by atoms with E-state index >= 15 is 0 Å². The number of esters is 3. The number of pyridine rings is 1. The predicted octanol–water partition coefficient (Wildman–Crippen LogP) is 1.51. The molecular weight excluding hydrogens is 354 g/mol. The first kappa shape index (κ1) is 20.1. The fraction of sp³-hybridized carbons (Fsp3) is 0.263.